The third kappa shape index (κ3) is 3.01. The number of nitrogens with one attached hydrogen (secondary N) is 1. The first-order chi connectivity index (χ1) is 10.1. The Kier molecular flexibility index (Phi) is 4.08. The minimum absolute atomic E-state index is 0.101. The van der Waals surface area contributed by atoms with Crippen LogP contribution >= 0.6 is 23.2 Å². The second-order valence-electron chi connectivity index (χ2n) is 5.25. The fraction of sp³-hybridized carbons (Fsp3) is 0.357. The van der Waals surface area contributed by atoms with Crippen LogP contribution in [0.3, 0.4) is 0 Å². The molecule has 2 aromatic rings. The zero-order chi connectivity index (χ0) is 14.9. The van der Waals surface area contributed by atoms with Crippen LogP contribution in [0.25, 0.3) is 5.69 Å². The monoisotopic (exact) mass is 327 g/mol. The van der Waals surface area contributed by atoms with Gasteiger partial charge in [0, 0.05) is 23.8 Å². The topological polar surface area (TPSA) is 59.3 Å². The second-order valence-corrected chi connectivity index (χ2v) is 6.09. The maximum atomic E-state index is 9.38. The van der Waals surface area contributed by atoms with Gasteiger partial charge in [-0.25, -0.2) is 4.68 Å². The van der Waals surface area contributed by atoms with E-state index in [-0.39, 0.29) is 12.0 Å². The van der Waals surface area contributed by atoms with Crippen molar-refractivity contribution in [3.8, 4) is 5.69 Å². The molecule has 1 fully saturated rings. The molecule has 0 spiro atoms. The van der Waals surface area contributed by atoms with E-state index in [0.717, 1.165) is 11.5 Å². The summed E-state index contributed by atoms with van der Waals surface area (Å²) in [6, 6.07) is 7.12. The average molecular weight is 328 g/mol. The lowest BCUT2D eigenvalue weighted by Gasteiger charge is -2.39. The summed E-state index contributed by atoms with van der Waals surface area (Å²) in [5, 5.41) is 18.2. The van der Waals surface area contributed by atoms with Crippen molar-refractivity contribution in [1.29, 1.82) is 0 Å². The Labute approximate surface area is 132 Å². The summed E-state index contributed by atoms with van der Waals surface area (Å²) in [5.41, 5.74) is 0.569. The fourth-order valence-electron chi connectivity index (χ4n) is 2.14. The molecule has 1 saturated heterocycles. The first kappa shape index (κ1) is 14.7. The van der Waals surface area contributed by atoms with Gasteiger partial charge in [-0.3, -0.25) is 0 Å². The molecule has 0 unspecified atom stereocenters. The van der Waals surface area contributed by atoms with E-state index in [4.69, 9.17) is 27.9 Å². The number of nitrogens with zero attached hydrogens (tertiary/aromatic N) is 2. The highest BCUT2D eigenvalue weighted by molar-refractivity contribution is 6.35. The van der Waals surface area contributed by atoms with Gasteiger partial charge in [-0.15, -0.1) is 0 Å². The van der Waals surface area contributed by atoms with Gasteiger partial charge in [0.1, 0.15) is 5.82 Å². The molecule has 112 valence electrons. The maximum Gasteiger partial charge on any atom is 0.148 e. The van der Waals surface area contributed by atoms with Gasteiger partial charge in [-0.05, 0) is 18.2 Å². The molecule has 0 saturated carbocycles. The van der Waals surface area contributed by atoms with Crippen LogP contribution < -0.4 is 5.32 Å². The summed E-state index contributed by atoms with van der Waals surface area (Å²) >= 11 is 12.0. The molecule has 7 heteroatoms. The molecule has 1 aliphatic rings. The normalized spacial score (nSPS) is 16.5. The van der Waals surface area contributed by atoms with Crippen LogP contribution in [0.15, 0.2) is 30.5 Å². The maximum absolute atomic E-state index is 9.38. The van der Waals surface area contributed by atoms with E-state index in [2.05, 4.69) is 10.4 Å². The van der Waals surface area contributed by atoms with Gasteiger partial charge in [-0.2, -0.15) is 5.10 Å². The Morgan fingerprint density at radius 1 is 1.33 bits per heavy atom. The van der Waals surface area contributed by atoms with E-state index in [1.165, 1.54) is 0 Å². The number of hydrogen-bond acceptors (Lipinski definition) is 4. The Balaban J connectivity index is 1.71. The number of ether oxygens (including phenoxy) is 1. The van der Waals surface area contributed by atoms with Crippen molar-refractivity contribution in [3.05, 3.63) is 40.5 Å². The lowest BCUT2D eigenvalue weighted by Crippen LogP contribution is -2.50. The molecule has 0 amide bonds. The number of aliphatic hydroxyl groups is 1. The van der Waals surface area contributed by atoms with Crippen molar-refractivity contribution in [1.82, 2.24) is 9.78 Å². The average Bonchev–Trinajstić information content (AvgIpc) is 2.86. The second kappa shape index (κ2) is 5.85. The SMILES string of the molecule is OCC1(CNc2ccn(-c3ccc(Cl)cc3Cl)n2)COC1. The molecular weight excluding hydrogens is 313 g/mol. The largest absolute Gasteiger partial charge is 0.396 e. The van der Waals surface area contributed by atoms with Crippen molar-refractivity contribution < 1.29 is 9.84 Å². The minimum atomic E-state index is -0.193. The van der Waals surface area contributed by atoms with Crippen LogP contribution in [0.1, 0.15) is 0 Å². The Hall–Kier alpha value is -1.27. The molecule has 2 N–H and O–H groups in total. The quantitative estimate of drug-likeness (QED) is 0.886. The van der Waals surface area contributed by atoms with Crippen LogP contribution in [-0.4, -0.2) is 41.3 Å². The third-order valence-corrected chi connectivity index (χ3v) is 4.08. The van der Waals surface area contributed by atoms with Crippen LogP contribution in [0.4, 0.5) is 5.82 Å². The van der Waals surface area contributed by atoms with Gasteiger partial charge >= 0.3 is 0 Å². The number of aliphatic hydroxyl groups excluding tert-OH is 1. The van der Waals surface area contributed by atoms with Crippen molar-refractivity contribution >= 4 is 29.0 Å². The summed E-state index contributed by atoms with van der Waals surface area (Å²) in [6.07, 6.45) is 1.82. The number of benzene rings is 1. The summed E-state index contributed by atoms with van der Waals surface area (Å²) in [7, 11) is 0. The van der Waals surface area contributed by atoms with E-state index >= 15 is 0 Å². The predicted octanol–water partition coefficient (Wildman–Crippen LogP) is 2.60. The van der Waals surface area contributed by atoms with E-state index in [1.807, 2.05) is 18.3 Å². The first-order valence-corrected chi connectivity index (χ1v) is 7.31. The molecule has 3 rings (SSSR count). The molecule has 21 heavy (non-hydrogen) atoms. The number of halogens is 2. The summed E-state index contributed by atoms with van der Waals surface area (Å²) in [5.74, 6) is 0.723. The van der Waals surface area contributed by atoms with Gasteiger partial charge in [0.05, 0.1) is 35.9 Å². The van der Waals surface area contributed by atoms with Gasteiger partial charge in [-0.1, -0.05) is 23.2 Å². The molecule has 0 aliphatic carbocycles. The Bertz CT molecular complexity index is 635. The van der Waals surface area contributed by atoms with Crippen LogP contribution in [0.5, 0.6) is 0 Å². The van der Waals surface area contributed by atoms with Crippen molar-refractivity contribution in [2.24, 2.45) is 5.41 Å². The van der Waals surface area contributed by atoms with Gasteiger partial charge in [0.15, 0.2) is 0 Å². The lowest BCUT2D eigenvalue weighted by molar-refractivity contribution is -0.128. The van der Waals surface area contributed by atoms with E-state index < -0.39 is 0 Å². The molecule has 5 nitrogen and oxygen atoms in total. The first-order valence-electron chi connectivity index (χ1n) is 6.55. The lowest BCUT2D eigenvalue weighted by atomic mass is 9.87. The number of aromatic nitrogens is 2. The van der Waals surface area contributed by atoms with E-state index in [9.17, 15) is 5.11 Å². The molecule has 0 radical (unpaired) electrons. The molecular formula is C14H15Cl2N3O2. The fourth-order valence-corrected chi connectivity index (χ4v) is 2.63. The van der Waals surface area contributed by atoms with Crippen LogP contribution in [-0.2, 0) is 4.74 Å². The smallest absolute Gasteiger partial charge is 0.148 e. The van der Waals surface area contributed by atoms with Crippen molar-refractivity contribution in [3.63, 3.8) is 0 Å². The van der Waals surface area contributed by atoms with E-state index in [1.54, 1.807) is 16.8 Å². The molecule has 1 aliphatic heterocycles. The van der Waals surface area contributed by atoms with Crippen molar-refractivity contribution in [2.75, 3.05) is 31.7 Å². The summed E-state index contributed by atoms with van der Waals surface area (Å²) in [6.45, 7) is 1.86. The molecule has 0 bridgehead atoms. The van der Waals surface area contributed by atoms with Crippen LogP contribution in [0.2, 0.25) is 10.0 Å². The highest BCUT2D eigenvalue weighted by atomic mass is 35.5. The highest BCUT2D eigenvalue weighted by Gasteiger charge is 2.37. The van der Waals surface area contributed by atoms with Crippen LogP contribution in [0, 0.1) is 5.41 Å². The number of anilines is 1. The zero-order valence-electron chi connectivity index (χ0n) is 11.2. The number of rotatable bonds is 5. The predicted molar refractivity (Wildman–Crippen MR) is 82.4 cm³/mol. The Morgan fingerprint density at radius 3 is 2.76 bits per heavy atom. The standard InChI is InChI=1S/C14H15Cl2N3O2/c15-10-1-2-12(11(16)5-10)19-4-3-13(18-19)17-6-14(7-20)8-21-9-14/h1-5,20H,6-9H2,(H,17,18). The van der Waals surface area contributed by atoms with Gasteiger partial charge < -0.3 is 15.2 Å². The van der Waals surface area contributed by atoms with Gasteiger partial charge in [0.2, 0.25) is 0 Å². The molecule has 2 heterocycles. The minimum Gasteiger partial charge on any atom is -0.396 e. The van der Waals surface area contributed by atoms with E-state index in [0.29, 0.717) is 29.8 Å². The summed E-state index contributed by atoms with van der Waals surface area (Å²) in [4.78, 5) is 0. The highest BCUT2D eigenvalue weighted by Crippen LogP contribution is 2.27. The Morgan fingerprint density at radius 2 is 2.14 bits per heavy atom. The molecule has 1 aromatic heterocycles. The molecule has 1 aromatic carbocycles. The zero-order valence-corrected chi connectivity index (χ0v) is 12.7. The third-order valence-electron chi connectivity index (χ3n) is 3.54. The van der Waals surface area contributed by atoms with Gasteiger partial charge in [0.25, 0.3) is 0 Å². The summed E-state index contributed by atoms with van der Waals surface area (Å²) < 4.78 is 6.85. The number of hydrogen-bond donors (Lipinski definition) is 2. The van der Waals surface area contributed by atoms with Crippen molar-refractivity contribution in [2.45, 2.75) is 0 Å². The molecule has 0 atom stereocenters.